The monoisotopic (exact) mass is 268 g/mol. The van der Waals surface area contributed by atoms with Gasteiger partial charge in [0, 0.05) is 15.3 Å². The lowest BCUT2D eigenvalue weighted by atomic mass is 10.0. The van der Waals surface area contributed by atoms with E-state index in [0.717, 1.165) is 16.7 Å². The lowest BCUT2D eigenvalue weighted by Gasteiger charge is -1.98. The van der Waals surface area contributed by atoms with Gasteiger partial charge in [-0.05, 0) is 37.1 Å². The van der Waals surface area contributed by atoms with Crippen molar-refractivity contribution in [1.82, 2.24) is 0 Å². The van der Waals surface area contributed by atoms with Crippen LogP contribution < -0.4 is 0 Å². The Morgan fingerprint density at radius 3 is 2.06 bits per heavy atom. The lowest BCUT2D eigenvalue weighted by Crippen LogP contribution is -1.83. The van der Waals surface area contributed by atoms with Crippen LogP contribution in [0.2, 0.25) is 0 Å². The molecule has 0 bridgehead atoms. The Morgan fingerprint density at radius 1 is 1.17 bits per heavy atom. The first-order valence-corrected chi connectivity index (χ1v) is 7.03. The Labute approximate surface area is 113 Å². The third-order valence-corrected chi connectivity index (χ3v) is 5.18. The molecule has 0 spiro atoms. The van der Waals surface area contributed by atoms with Crippen molar-refractivity contribution in [1.29, 1.82) is 5.26 Å². The number of thiophene rings is 2. The molecule has 0 amide bonds. The topological polar surface area (TPSA) is 28.1 Å². The van der Waals surface area contributed by atoms with Crippen molar-refractivity contribution in [3.05, 3.63) is 50.1 Å². The van der Waals surface area contributed by atoms with E-state index in [4.69, 9.17) is 11.8 Å². The van der Waals surface area contributed by atoms with Crippen LogP contribution in [0.5, 0.6) is 0 Å². The molecule has 0 unspecified atom stereocenters. The smallest absolute Gasteiger partial charge is 0.226 e. The van der Waals surface area contributed by atoms with Crippen LogP contribution >= 0.6 is 22.7 Å². The minimum Gasteiger partial charge on any atom is -0.226 e. The predicted octanol–water partition coefficient (Wildman–Crippen LogP) is 4.61. The van der Waals surface area contributed by atoms with Crippen LogP contribution in [0.4, 0.5) is 0 Å². The van der Waals surface area contributed by atoms with Gasteiger partial charge in [0.2, 0.25) is 0 Å². The lowest BCUT2D eigenvalue weighted by molar-refractivity contribution is 1.49. The molecule has 2 aromatic heterocycles. The molecular formula is C14H8N2S2. The summed E-state index contributed by atoms with van der Waals surface area (Å²) in [6.07, 6.45) is 0. The fourth-order valence-corrected chi connectivity index (χ4v) is 4.47. The number of allylic oxidation sites excluding steroid dienone is 1. The highest BCUT2D eigenvalue weighted by Crippen LogP contribution is 2.53. The molecular weight excluding hydrogens is 260 g/mol. The molecule has 0 N–H and O–H groups in total. The maximum atomic E-state index is 9.14. The van der Waals surface area contributed by atoms with E-state index >= 15 is 0 Å². The van der Waals surface area contributed by atoms with Crippen LogP contribution in [-0.2, 0) is 0 Å². The van der Waals surface area contributed by atoms with Gasteiger partial charge < -0.3 is 0 Å². The number of nitriles is 1. The van der Waals surface area contributed by atoms with E-state index in [2.05, 4.69) is 30.8 Å². The first-order valence-electron chi connectivity index (χ1n) is 5.39. The molecule has 1 aliphatic rings. The molecule has 0 radical (unpaired) electrons. The molecule has 1 aliphatic carbocycles. The fourth-order valence-electron chi connectivity index (χ4n) is 2.27. The Bertz CT molecular complexity index is 712. The maximum Gasteiger partial charge on any atom is 0.270 e. The molecule has 0 aromatic carbocycles. The first kappa shape index (κ1) is 11.2. The zero-order valence-electron chi connectivity index (χ0n) is 9.87. The van der Waals surface area contributed by atoms with Gasteiger partial charge in [-0.2, -0.15) is 0 Å². The van der Waals surface area contributed by atoms with Gasteiger partial charge in [0.15, 0.2) is 0 Å². The summed E-state index contributed by atoms with van der Waals surface area (Å²) in [5.74, 6) is 0. The minimum atomic E-state index is 0.200. The van der Waals surface area contributed by atoms with E-state index in [9.17, 15) is 0 Å². The van der Waals surface area contributed by atoms with E-state index in [-0.39, 0.29) is 5.70 Å². The second-order valence-electron chi connectivity index (χ2n) is 4.15. The Kier molecular flexibility index (Phi) is 2.38. The molecule has 2 aromatic rings. The second-order valence-corrected chi connectivity index (χ2v) is 6.66. The van der Waals surface area contributed by atoms with Crippen LogP contribution in [0.1, 0.15) is 20.9 Å². The molecule has 86 valence electrons. The largest absolute Gasteiger partial charge is 0.270 e. The van der Waals surface area contributed by atoms with E-state index in [1.807, 2.05) is 6.07 Å². The maximum absolute atomic E-state index is 9.14. The van der Waals surface area contributed by atoms with Crippen molar-refractivity contribution in [3.8, 4) is 15.8 Å². The van der Waals surface area contributed by atoms with E-state index in [0.29, 0.717) is 0 Å². The van der Waals surface area contributed by atoms with Gasteiger partial charge in [-0.25, -0.2) is 10.1 Å². The van der Waals surface area contributed by atoms with E-state index < -0.39 is 0 Å². The quantitative estimate of drug-likeness (QED) is 0.432. The summed E-state index contributed by atoms with van der Waals surface area (Å²) < 4.78 is 0. The number of nitrogens with zero attached hydrogens (tertiary/aromatic N) is 2. The van der Waals surface area contributed by atoms with Crippen molar-refractivity contribution in [2.45, 2.75) is 13.8 Å². The van der Waals surface area contributed by atoms with Crippen LogP contribution in [0.15, 0.2) is 17.8 Å². The highest BCUT2D eigenvalue weighted by Gasteiger charge is 2.30. The molecule has 0 saturated heterocycles. The molecule has 0 aliphatic heterocycles. The fraction of sp³-hybridized carbons (Fsp3) is 0.143. The number of aryl methyl sites for hydroxylation is 2. The summed E-state index contributed by atoms with van der Waals surface area (Å²) in [5, 5.41) is 9.14. The minimum absolute atomic E-state index is 0.200. The number of hydrogen-bond donors (Lipinski definition) is 0. The summed E-state index contributed by atoms with van der Waals surface area (Å²) in [6.45, 7) is 11.3. The SMILES string of the molecule is [C-]#[N+]C(C#N)=C1c2cc(C)sc2-c2sc(C)cc21. The summed E-state index contributed by atoms with van der Waals surface area (Å²) in [4.78, 5) is 8.25. The molecule has 0 fully saturated rings. The van der Waals surface area contributed by atoms with Gasteiger partial charge in [0.1, 0.15) is 0 Å². The second kappa shape index (κ2) is 3.81. The summed E-state index contributed by atoms with van der Waals surface area (Å²) in [5.41, 5.74) is 3.15. The van der Waals surface area contributed by atoms with Crippen LogP contribution in [0.25, 0.3) is 20.2 Å². The van der Waals surface area contributed by atoms with E-state index in [1.165, 1.54) is 19.5 Å². The van der Waals surface area contributed by atoms with Gasteiger partial charge in [0.05, 0.1) is 22.4 Å². The molecule has 0 saturated carbocycles. The highest BCUT2D eigenvalue weighted by atomic mass is 32.1. The van der Waals surface area contributed by atoms with Crippen molar-refractivity contribution in [2.75, 3.05) is 0 Å². The number of hydrogen-bond acceptors (Lipinski definition) is 3. The third kappa shape index (κ3) is 1.37. The Hall–Kier alpha value is -1.88. The molecule has 18 heavy (non-hydrogen) atoms. The summed E-state index contributed by atoms with van der Waals surface area (Å²) in [6, 6.07) is 6.20. The van der Waals surface area contributed by atoms with Crippen LogP contribution in [-0.4, -0.2) is 0 Å². The van der Waals surface area contributed by atoms with Gasteiger partial charge in [-0.3, -0.25) is 0 Å². The van der Waals surface area contributed by atoms with Gasteiger partial charge >= 0.3 is 0 Å². The number of rotatable bonds is 0. The number of fused-ring (bicyclic) bond motifs is 3. The molecule has 4 heteroatoms. The van der Waals surface area contributed by atoms with Gasteiger partial charge in [-0.15, -0.1) is 22.7 Å². The zero-order chi connectivity index (χ0) is 12.9. The van der Waals surface area contributed by atoms with Gasteiger partial charge in [-0.1, -0.05) is 0 Å². The van der Waals surface area contributed by atoms with Crippen LogP contribution in [0, 0.1) is 31.8 Å². The molecule has 2 heterocycles. The van der Waals surface area contributed by atoms with Crippen LogP contribution in [0.3, 0.4) is 0 Å². The third-order valence-electron chi connectivity index (χ3n) is 2.91. The van der Waals surface area contributed by atoms with Crippen molar-refractivity contribution in [2.24, 2.45) is 0 Å². The molecule has 2 nitrogen and oxygen atoms in total. The summed E-state index contributed by atoms with van der Waals surface area (Å²) in [7, 11) is 0. The Morgan fingerprint density at radius 2 is 1.67 bits per heavy atom. The normalized spacial score (nSPS) is 11.7. The Balaban J connectivity index is 2.44. The average molecular weight is 268 g/mol. The summed E-state index contributed by atoms with van der Waals surface area (Å²) >= 11 is 3.48. The highest BCUT2D eigenvalue weighted by molar-refractivity contribution is 7.23. The first-order chi connectivity index (χ1) is 8.65. The predicted molar refractivity (Wildman–Crippen MR) is 75.3 cm³/mol. The zero-order valence-corrected chi connectivity index (χ0v) is 11.5. The van der Waals surface area contributed by atoms with E-state index in [1.54, 1.807) is 22.7 Å². The van der Waals surface area contributed by atoms with Crippen molar-refractivity contribution < 1.29 is 0 Å². The van der Waals surface area contributed by atoms with Crippen molar-refractivity contribution in [3.63, 3.8) is 0 Å². The van der Waals surface area contributed by atoms with Crippen molar-refractivity contribution >= 4 is 28.2 Å². The molecule has 0 atom stereocenters. The molecule has 3 rings (SSSR count). The van der Waals surface area contributed by atoms with Gasteiger partial charge in [0.25, 0.3) is 5.70 Å². The standard InChI is InChI=1S/C14H8N2S2/c1-7-4-9-12(11(6-15)16-3)10-5-8(2)18-14(10)13(9)17-7/h4-5H,1-2H3. The average Bonchev–Trinajstić information content (AvgIpc) is 2.94.